The van der Waals surface area contributed by atoms with E-state index in [1.807, 2.05) is 13.8 Å². The number of hydrogen-bond acceptors (Lipinski definition) is 7. The van der Waals surface area contributed by atoms with E-state index in [0.29, 0.717) is 23.9 Å². The van der Waals surface area contributed by atoms with E-state index in [1.165, 1.54) is 25.7 Å². The number of hydrogen-bond donors (Lipinski definition) is 3. The van der Waals surface area contributed by atoms with Crippen LogP contribution in [0.2, 0.25) is 0 Å². The van der Waals surface area contributed by atoms with Crippen LogP contribution in [0.3, 0.4) is 0 Å². The first-order valence-electron chi connectivity index (χ1n) is 7.33. The molecule has 1 aliphatic rings. The van der Waals surface area contributed by atoms with E-state index in [0.717, 1.165) is 12.8 Å². The van der Waals surface area contributed by atoms with Crippen LogP contribution >= 0.6 is 0 Å². The predicted octanol–water partition coefficient (Wildman–Crippen LogP) is 2.08. The minimum atomic E-state index is 0.00811. The second-order valence-electron chi connectivity index (χ2n) is 5.41. The average Bonchev–Trinajstić information content (AvgIpc) is 2.66. The summed E-state index contributed by atoms with van der Waals surface area (Å²) in [5.41, 5.74) is 2.45. The zero-order valence-corrected chi connectivity index (χ0v) is 12.2. The van der Waals surface area contributed by atoms with Crippen molar-refractivity contribution in [3.8, 4) is 6.01 Å². The highest BCUT2D eigenvalue weighted by Crippen LogP contribution is 2.21. The average molecular weight is 280 g/mol. The molecule has 1 aromatic heterocycles. The number of rotatable bonds is 5. The number of anilines is 2. The summed E-state index contributed by atoms with van der Waals surface area (Å²) in [4.78, 5) is 12.6. The van der Waals surface area contributed by atoms with Crippen LogP contribution < -0.4 is 21.3 Å². The Bertz CT molecular complexity index is 417. The van der Waals surface area contributed by atoms with Crippen molar-refractivity contribution in [1.29, 1.82) is 0 Å². The number of ether oxygens (including phenoxy) is 1. The number of nitrogens with two attached hydrogens (primary N) is 1. The monoisotopic (exact) mass is 280 g/mol. The van der Waals surface area contributed by atoms with E-state index in [4.69, 9.17) is 10.6 Å². The third-order valence-corrected chi connectivity index (χ3v) is 3.27. The zero-order chi connectivity index (χ0) is 14.4. The molecule has 0 bridgehead atoms. The molecule has 1 aromatic rings. The van der Waals surface area contributed by atoms with Crippen LogP contribution in [0.1, 0.15) is 52.4 Å². The summed E-state index contributed by atoms with van der Waals surface area (Å²) in [5.74, 6) is 6.23. The number of nitrogens with one attached hydrogen (secondary N) is 2. The van der Waals surface area contributed by atoms with Crippen molar-refractivity contribution in [3.63, 3.8) is 0 Å². The maximum Gasteiger partial charge on any atom is 0.323 e. The Balaban J connectivity index is 2.08. The van der Waals surface area contributed by atoms with Crippen molar-refractivity contribution in [2.24, 2.45) is 5.84 Å². The number of nitrogen functional groups attached to an aromatic ring is 1. The highest BCUT2D eigenvalue weighted by atomic mass is 16.5. The molecule has 0 radical (unpaired) electrons. The highest BCUT2D eigenvalue weighted by molar-refractivity contribution is 5.35. The predicted molar refractivity (Wildman–Crippen MR) is 78.5 cm³/mol. The van der Waals surface area contributed by atoms with Crippen LogP contribution in [-0.4, -0.2) is 27.1 Å². The molecule has 0 amide bonds. The first kappa shape index (κ1) is 14.8. The van der Waals surface area contributed by atoms with Crippen molar-refractivity contribution in [3.05, 3.63) is 0 Å². The molecule has 0 saturated heterocycles. The first-order chi connectivity index (χ1) is 9.67. The maximum absolute atomic E-state index is 5.51. The summed E-state index contributed by atoms with van der Waals surface area (Å²) in [6.45, 7) is 3.86. The van der Waals surface area contributed by atoms with Crippen LogP contribution in [0.15, 0.2) is 0 Å². The molecule has 0 atom stereocenters. The molecule has 0 spiro atoms. The molecule has 20 heavy (non-hydrogen) atoms. The Morgan fingerprint density at radius 1 is 1.05 bits per heavy atom. The number of hydrazine groups is 1. The van der Waals surface area contributed by atoms with Crippen molar-refractivity contribution in [2.75, 3.05) is 10.7 Å². The fourth-order valence-corrected chi connectivity index (χ4v) is 2.36. The van der Waals surface area contributed by atoms with Gasteiger partial charge in [-0.05, 0) is 26.7 Å². The molecule has 0 aliphatic heterocycles. The van der Waals surface area contributed by atoms with Crippen molar-refractivity contribution in [2.45, 2.75) is 64.5 Å². The lowest BCUT2D eigenvalue weighted by Crippen LogP contribution is -2.22. The van der Waals surface area contributed by atoms with Gasteiger partial charge in [0.25, 0.3) is 0 Å². The van der Waals surface area contributed by atoms with Crippen LogP contribution in [0.4, 0.5) is 11.9 Å². The lowest BCUT2D eigenvalue weighted by atomic mass is 10.1. The van der Waals surface area contributed by atoms with Gasteiger partial charge in [-0.2, -0.15) is 15.0 Å². The van der Waals surface area contributed by atoms with Crippen LogP contribution in [0.25, 0.3) is 0 Å². The summed E-state index contributed by atoms with van der Waals surface area (Å²) in [6, 6.07) is 0.705. The Hall–Kier alpha value is -1.63. The Labute approximate surface area is 119 Å². The molecular formula is C13H24N6O. The second kappa shape index (κ2) is 7.23. The molecule has 0 unspecified atom stereocenters. The quantitative estimate of drug-likeness (QED) is 0.431. The van der Waals surface area contributed by atoms with Gasteiger partial charge in [-0.3, -0.25) is 5.43 Å². The van der Waals surface area contributed by atoms with Gasteiger partial charge >= 0.3 is 6.01 Å². The van der Waals surface area contributed by atoms with E-state index in [9.17, 15) is 0 Å². The summed E-state index contributed by atoms with van der Waals surface area (Å²) < 4.78 is 5.51. The molecular weight excluding hydrogens is 256 g/mol. The SMILES string of the molecule is CC(C)Oc1nc(NN)nc(NC2CCCCCC2)n1. The summed E-state index contributed by atoms with van der Waals surface area (Å²) in [7, 11) is 0. The molecule has 2 rings (SSSR count). The lowest BCUT2D eigenvalue weighted by molar-refractivity contribution is 0.222. The summed E-state index contributed by atoms with van der Waals surface area (Å²) in [6.07, 6.45) is 7.43. The van der Waals surface area contributed by atoms with Crippen LogP contribution in [-0.2, 0) is 0 Å². The van der Waals surface area contributed by atoms with Gasteiger partial charge in [0.1, 0.15) is 0 Å². The Kier molecular flexibility index (Phi) is 5.34. The van der Waals surface area contributed by atoms with Gasteiger partial charge in [-0.1, -0.05) is 25.7 Å². The van der Waals surface area contributed by atoms with E-state index in [1.54, 1.807) is 0 Å². The standard InChI is InChI=1S/C13H24N6O/c1-9(2)20-13-17-11(16-12(18-13)19-14)15-10-7-5-3-4-6-8-10/h9-10H,3-8,14H2,1-2H3,(H2,15,16,17,18,19). The molecule has 7 heteroatoms. The molecule has 1 aliphatic carbocycles. The lowest BCUT2D eigenvalue weighted by Gasteiger charge is -2.17. The summed E-state index contributed by atoms with van der Waals surface area (Å²) >= 11 is 0. The molecule has 4 N–H and O–H groups in total. The Morgan fingerprint density at radius 3 is 2.30 bits per heavy atom. The first-order valence-corrected chi connectivity index (χ1v) is 7.33. The zero-order valence-electron chi connectivity index (χ0n) is 12.2. The van der Waals surface area contributed by atoms with Crippen molar-refractivity contribution >= 4 is 11.9 Å². The van der Waals surface area contributed by atoms with Crippen LogP contribution in [0.5, 0.6) is 6.01 Å². The largest absolute Gasteiger partial charge is 0.461 e. The van der Waals surface area contributed by atoms with E-state index >= 15 is 0 Å². The third-order valence-electron chi connectivity index (χ3n) is 3.27. The maximum atomic E-state index is 5.51. The van der Waals surface area contributed by atoms with E-state index < -0.39 is 0 Å². The minimum Gasteiger partial charge on any atom is -0.461 e. The summed E-state index contributed by atoms with van der Waals surface area (Å²) in [5, 5.41) is 3.37. The fraction of sp³-hybridized carbons (Fsp3) is 0.769. The fourth-order valence-electron chi connectivity index (χ4n) is 2.36. The van der Waals surface area contributed by atoms with Gasteiger partial charge in [0, 0.05) is 6.04 Å². The third kappa shape index (κ3) is 4.48. The van der Waals surface area contributed by atoms with Gasteiger partial charge in [0.2, 0.25) is 11.9 Å². The molecule has 7 nitrogen and oxygen atoms in total. The molecule has 0 aromatic carbocycles. The van der Waals surface area contributed by atoms with Crippen LogP contribution in [0, 0.1) is 0 Å². The number of nitrogens with zero attached hydrogens (tertiary/aromatic N) is 3. The minimum absolute atomic E-state index is 0.00811. The van der Waals surface area contributed by atoms with Gasteiger partial charge in [-0.25, -0.2) is 5.84 Å². The van der Waals surface area contributed by atoms with Crippen molar-refractivity contribution in [1.82, 2.24) is 15.0 Å². The van der Waals surface area contributed by atoms with E-state index in [-0.39, 0.29) is 6.10 Å². The topological polar surface area (TPSA) is 98.0 Å². The van der Waals surface area contributed by atoms with Gasteiger partial charge in [-0.15, -0.1) is 0 Å². The molecule has 1 heterocycles. The van der Waals surface area contributed by atoms with Gasteiger partial charge in [0.05, 0.1) is 6.10 Å². The van der Waals surface area contributed by atoms with E-state index in [2.05, 4.69) is 25.7 Å². The Morgan fingerprint density at radius 2 is 1.70 bits per heavy atom. The highest BCUT2D eigenvalue weighted by Gasteiger charge is 2.15. The smallest absolute Gasteiger partial charge is 0.323 e. The normalized spacial score (nSPS) is 16.8. The van der Waals surface area contributed by atoms with Crippen molar-refractivity contribution < 1.29 is 4.74 Å². The number of aromatic nitrogens is 3. The molecule has 112 valence electrons. The molecule has 1 fully saturated rings. The van der Waals surface area contributed by atoms with Gasteiger partial charge in [0.15, 0.2) is 0 Å². The second-order valence-corrected chi connectivity index (χ2v) is 5.41. The van der Waals surface area contributed by atoms with Gasteiger partial charge < -0.3 is 10.1 Å². The molecule has 1 saturated carbocycles.